The zero-order valence-electron chi connectivity index (χ0n) is 9.81. The van der Waals surface area contributed by atoms with Gasteiger partial charge in [0.15, 0.2) is 0 Å². The summed E-state index contributed by atoms with van der Waals surface area (Å²) in [6, 6.07) is 0. The van der Waals surface area contributed by atoms with Crippen molar-refractivity contribution in [2.45, 2.75) is 31.7 Å². The largest absolute Gasteiger partial charge is 0.385 e. The number of likely N-dealkylation sites (N-methyl/N-ethyl adjacent to an activating group) is 1. The van der Waals surface area contributed by atoms with Gasteiger partial charge in [-0.25, -0.2) is 0 Å². The molecule has 0 spiro atoms. The summed E-state index contributed by atoms with van der Waals surface area (Å²) in [4.78, 5) is 2.40. The van der Waals surface area contributed by atoms with Crippen LogP contribution in [0.3, 0.4) is 0 Å². The lowest BCUT2D eigenvalue weighted by molar-refractivity contribution is 0.169. The molecular weight excluding hydrogens is 176 g/mol. The lowest BCUT2D eigenvalue weighted by Crippen LogP contribution is -2.46. The number of nitrogens with one attached hydrogen (secondary N) is 1. The maximum absolute atomic E-state index is 5.05. The lowest BCUT2D eigenvalue weighted by Gasteiger charge is -2.30. The number of rotatable bonds is 6. The summed E-state index contributed by atoms with van der Waals surface area (Å²) in [5.74, 6) is 0. The van der Waals surface area contributed by atoms with E-state index in [1.54, 1.807) is 7.11 Å². The Morgan fingerprint density at radius 3 is 2.86 bits per heavy atom. The van der Waals surface area contributed by atoms with E-state index in [0.717, 1.165) is 26.1 Å². The second-order valence-corrected chi connectivity index (χ2v) is 4.68. The summed E-state index contributed by atoms with van der Waals surface area (Å²) in [6.07, 6.45) is 3.76. The Morgan fingerprint density at radius 2 is 2.29 bits per heavy atom. The van der Waals surface area contributed by atoms with E-state index in [1.165, 1.54) is 19.4 Å². The van der Waals surface area contributed by atoms with Crippen LogP contribution >= 0.6 is 0 Å². The van der Waals surface area contributed by atoms with Gasteiger partial charge in [0, 0.05) is 32.3 Å². The minimum Gasteiger partial charge on any atom is -0.385 e. The molecule has 3 heteroatoms. The zero-order valence-corrected chi connectivity index (χ0v) is 9.81. The van der Waals surface area contributed by atoms with Crippen molar-refractivity contribution in [1.82, 2.24) is 10.2 Å². The van der Waals surface area contributed by atoms with Crippen LogP contribution in [-0.4, -0.2) is 50.8 Å². The van der Waals surface area contributed by atoms with Gasteiger partial charge >= 0.3 is 0 Å². The highest BCUT2D eigenvalue weighted by molar-refractivity contribution is 4.90. The highest BCUT2D eigenvalue weighted by Crippen LogP contribution is 2.19. The van der Waals surface area contributed by atoms with Gasteiger partial charge in [-0.2, -0.15) is 0 Å². The first-order valence-electron chi connectivity index (χ1n) is 5.59. The fourth-order valence-corrected chi connectivity index (χ4v) is 2.25. The van der Waals surface area contributed by atoms with Crippen molar-refractivity contribution in [2.24, 2.45) is 0 Å². The summed E-state index contributed by atoms with van der Waals surface area (Å²) >= 11 is 0. The fourth-order valence-electron chi connectivity index (χ4n) is 2.25. The summed E-state index contributed by atoms with van der Waals surface area (Å²) in [6.45, 7) is 6.66. The molecule has 84 valence electrons. The molecule has 3 nitrogen and oxygen atoms in total. The number of nitrogens with zero attached hydrogens (tertiary/aromatic N) is 1. The van der Waals surface area contributed by atoms with Gasteiger partial charge in [0.05, 0.1) is 0 Å². The molecule has 0 amide bonds. The SMILES string of the molecule is COCCCN(C)CC1(C)CCCN1. The Hall–Kier alpha value is -0.120. The second-order valence-electron chi connectivity index (χ2n) is 4.68. The van der Waals surface area contributed by atoms with Crippen LogP contribution in [0, 0.1) is 0 Å². The minimum absolute atomic E-state index is 0.349. The Labute approximate surface area is 87.8 Å². The first kappa shape index (κ1) is 12.0. The van der Waals surface area contributed by atoms with Crippen LogP contribution in [0.5, 0.6) is 0 Å². The molecule has 0 radical (unpaired) electrons. The third-order valence-electron chi connectivity index (χ3n) is 2.96. The van der Waals surface area contributed by atoms with Gasteiger partial charge in [0.25, 0.3) is 0 Å². The molecule has 0 aromatic carbocycles. The van der Waals surface area contributed by atoms with Crippen molar-refractivity contribution in [3.05, 3.63) is 0 Å². The third-order valence-corrected chi connectivity index (χ3v) is 2.96. The monoisotopic (exact) mass is 200 g/mol. The zero-order chi connectivity index (χ0) is 10.4. The van der Waals surface area contributed by atoms with Crippen molar-refractivity contribution < 1.29 is 4.74 Å². The molecule has 0 aliphatic carbocycles. The molecule has 1 heterocycles. The third kappa shape index (κ3) is 3.95. The quantitative estimate of drug-likeness (QED) is 0.650. The summed E-state index contributed by atoms with van der Waals surface area (Å²) in [7, 11) is 3.96. The van der Waals surface area contributed by atoms with E-state index in [-0.39, 0.29) is 0 Å². The molecule has 1 aliphatic rings. The molecule has 1 aliphatic heterocycles. The maximum Gasteiger partial charge on any atom is 0.0474 e. The molecule has 0 aromatic heterocycles. The smallest absolute Gasteiger partial charge is 0.0474 e. The van der Waals surface area contributed by atoms with Crippen LogP contribution in [0.2, 0.25) is 0 Å². The number of ether oxygens (including phenoxy) is 1. The van der Waals surface area contributed by atoms with Crippen LogP contribution in [0.4, 0.5) is 0 Å². The summed E-state index contributed by atoms with van der Waals surface area (Å²) in [5.41, 5.74) is 0.349. The molecule has 0 aromatic rings. The van der Waals surface area contributed by atoms with Crippen LogP contribution < -0.4 is 5.32 Å². The van der Waals surface area contributed by atoms with E-state index in [1.807, 2.05) is 0 Å². The predicted molar refractivity (Wildman–Crippen MR) is 59.6 cm³/mol. The van der Waals surface area contributed by atoms with Gasteiger partial charge in [-0.3, -0.25) is 0 Å². The highest BCUT2D eigenvalue weighted by atomic mass is 16.5. The average molecular weight is 200 g/mol. The van der Waals surface area contributed by atoms with E-state index in [9.17, 15) is 0 Å². The van der Waals surface area contributed by atoms with E-state index < -0.39 is 0 Å². The Kier molecular flexibility index (Phi) is 4.85. The number of methoxy groups -OCH3 is 1. The van der Waals surface area contributed by atoms with Gasteiger partial charge in [-0.05, 0) is 39.8 Å². The predicted octanol–water partition coefficient (Wildman–Crippen LogP) is 1.10. The van der Waals surface area contributed by atoms with Gasteiger partial charge in [0.1, 0.15) is 0 Å². The molecular formula is C11H24N2O. The van der Waals surface area contributed by atoms with Gasteiger partial charge in [0.2, 0.25) is 0 Å². The lowest BCUT2D eigenvalue weighted by atomic mass is 10.00. The summed E-state index contributed by atoms with van der Waals surface area (Å²) in [5, 5.41) is 3.58. The van der Waals surface area contributed by atoms with Crippen LogP contribution in [-0.2, 0) is 4.74 Å². The van der Waals surface area contributed by atoms with E-state index >= 15 is 0 Å². The Bertz CT molecular complexity index is 155. The van der Waals surface area contributed by atoms with Crippen molar-refractivity contribution in [1.29, 1.82) is 0 Å². The first-order valence-corrected chi connectivity index (χ1v) is 5.59. The Balaban J connectivity index is 2.15. The molecule has 0 saturated carbocycles. The number of hydrogen-bond acceptors (Lipinski definition) is 3. The van der Waals surface area contributed by atoms with Gasteiger partial charge < -0.3 is 15.0 Å². The molecule has 1 N–H and O–H groups in total. The topological polar surface area (TPSA) is 24.5 Å². The molecule has 1 saturated heterocycles. The van der Waals surface area contributed by atoms with E-state index in [4.69, 9.17) is 4.74 Å². The normalized spacial score (nSPS) is 27.4. The van der Waals surface area contributed by atoms with Crippen LogP contribution in [0.15, 0.2) is 0 Å². The van der Waals surface area contributed by atoms with Crippen LogP contribution in [0.25, 0.3) is 0 Å². The van der Waals surface area contributed by atoms with Gasteiger partial charge in [-0.1, -0.05) is 0 Å². The second kappa shape index (κ2) is 5.69. The minimum atomic E-state index is 0.349. The van der Waals surface area contributed by atoms with Crippen molar-refractivity contribution in [3.63, 3.8) is 0 Å². The first-order chi connectivity index (χ1) is 6.66. The standard InChI is InChI=1S/C11H24N2O/c1-11(6-4-7-12-11)10-13(2)8-5-9-14-3/h12H,4-10H2,1-3H3. The molecule has 1 atom stereocenters. The molecule has 0 bridgehead atoms. The summed E-state index contributed by atoms with van der Waals surface area (Å²) < 4.78 is 5.05. The van der Waals surface area contributed by atoms with E-state index in [0.29, 0.717) is 5.54 Å². The van der Waals surface area contributed by atoms with Crippen molar-refractivity contribution in [2.75, 3.05) is 40.4 Å². The molecule has 14 heavy (non-hydrogen) atoms. The Morgan fingerprint density at radius 1 is 1.50 bits per heavy atom. The van der Waals surface area contributed by atoms with Crippen molar-refractivity contribution >= 4 is 0 Å². The molecule has 1 rings (SSSR count). The number of hydrogen-bond donors (Lipinski definition) is 1. The molecule has 1 unspecified atom stereocenters. The van der Waals surface area contributed by atoms with E-state index in [2.05, 4.69) is 24.2 Å². The maximum atomic E-state index is 5.05. The van der Waals surface area contributed by atoms with Crippen molar-refractivity contribution in [3.8, 4) is 0 Å². The average Bonchev–Trinajstić information content (AvgIpc) is 2.52. The fraction of sp³-hybridized carbons (Fsp3) is 1.00. The molecule has 1 fully saturated rings. The van der Waals surface area contributed by atoms with Crippen LogP contribution in [0.1, 0.15) is 26.2 Å². The highest BCUT2D eigenvalue weighted by Gasteiger charge is 2.28. The van der Waals surface area contributed by atoms with Gasteiger partial charge in [-0.15, -0.1) is 0 Å².